The standard InChI is InChI=1S/C9H12F3NS/c1-5-6(9(10,11)12)14-7(13-5)8(2,3)4/h1-4H3. The van der Waals surface area contributed by atoms with Crippen LogP contribution in [0.3, 0.4) is 0 Å². The Kier molecular flexibility index (Phi) is 2.65. The number of aromatic nitrogens is 1. The molecule has 0 aromatic carbocycles. The van der Waals surface area contributed by atoms with Gasteiger partial charge < -0.3 is 0 Å². The highest BCUT2D eigenvalue weighted by molar-refractivity contribution is 7.12. The third-order valence-electron chi connectivity index (χ3n) is 1.70. The predicted molar refractivity (Wildman–Crippen MR) is 50.6 cm³/mol. The van der Waals surface area contributed by atoms with Gasteiger partial charge in [-0.25, -0.2) is 4.98 Å². The van der Waals surface area contributed by atoms with Crippen molar-refractivity contribution in [2.45, 2.75) is 39.3 Å². The van der Waals surface area contributed by atoms with Crippen molar-refractivity contribution in [1.82, 2.24) is 4.98 Å². The summed E-state index contributed by atoms with van der Waals surface area (Å²) in [6.45, 7) is 6.96. The Morgan fingerprint density at radius 2 is 1.64 bits per heavy atom. The molecule has 0 atom stereocenters. The number of alkyl halides is 3. The maximum atomic E-state index is 12.4. The van der Waals surface area contributed by atoms with Gasteiger partial charge in [0.25, 0.3) is 0 Å². The van der Waals surface area contributed by atoms with E-state index in [0.29, 0.717) is 5.01 Å². The van der Waals surface area contributed by atoms with Crippen molar-refractivity contribution in [1.29, 1.82) is 0 Å². The SMILES string of the molecule is Cc1nc(C(C)(C)C)sc1C(F)(F)F. The Labute approximate surface area is 85.0 Å². The molecule has 5 heteroatoms. The number of nitrogens with zero attached hydrogens (tertiary/aromatic N) is 1. The van der Waals surface area contributed by atoms with E-state index in [4.69, 9.17) is 0 Å². The Balaban J connectivity index is 3.19. The lowest BCUT2D eigenvalue weighted by Crippen LogP contribution is -2.10. The van der Waals surface area contributed by atoms with Crippen LogP contribution in [0.25, 0.3) is 0 Å². The van der Waals surface area contributed by atoms with E-state index in [0.717, 1.165) is 11.3 Å². The first-order chi connectivity index (χ1) is 6.12. The van der Waals surface area contributed by atoms with Crippen molar-refractivity contribution in [3.05, 3.63) is 15.6 Å². The molecule has 0 unspecified atom stereocenters. The first-order valence-electron chi connectivity index (χ1n) is 4.17. The molecular weight excluding hydrogens is 211 g/mol. The zero-order valence-corrected chi connectivity index (χ0v) is 9.31. The highest BCUT2D eigenvalue weighted by atomic mass is 32.1. The molecule has 14 heavy (non-hydrogen) atoms. The smallest absolute Gasteiger partial charge is 0.245 e. The van der Waals surface area contributed by atoms with E-state index in [1.165, 1.54) is 6.92 Å². The van der Waals surface area contributed by atoms with Crippen LogP contribution in [0.4, 0.5) is 13.2 Å². The molecule has 0 bridgehead atoms. The molecule has 1 rings (SSSR count). The van der Waals surface area contributed by atoms with Gasteiger partial charge in [0.05, 0.1) is 10.7 Å². The third kappa shape index (κ3) is 2.26. The summed E-state index contributed by atoms with van der Waals surface area (Å²) in [7, 11) is 0. The highest BCUT2D eigenvalue weighted by Crippen LogP contribution is 2.39. The average Bonchev–Trinajstić information content (AvgIpc) is 2.27. The molecule has 0 aliphatic rings. The number of halogens is 3. The Morgan fingerprint density at radius 1 is 1.14 bits per heavy atom. The number of hydrogen-bond donors (Lipinski definition) is 0. The van der Waals surface area contributed by atoms with Crippen LogP contribution >= 0.6 is 11.3 Å². The maximum absolute atomic E-state index is 12.4. The first kappa shape index (κ1) is 11.5. The Morgan fingerprint density at radius 3 is 1.86 bits per heavy atom. The van der Waals surface area contributed by atoms with Gasteiger partial charge in [0.2, 0.25) is 0 Å². The molecule has 1 aromatic rings. The Hall–Kier alpha value is -0.580. The molecule has 0 amide bonds. The van der Waals surface area contributed by atoms with Crippen LogP contribution in [-0.4, -0.2) is 4.98 Å². The number of aryl methyl sites for hydroxylation is 1. The first-order valence-corrected chi connectivity index (χ1v) is 4.99. The largest absolute Gasteiger partial charge is 0.427 e. The zero-order chi connectivity index (χ0) is 11.1. The van der Waals surface area contributed by atoms with E-state index in [1.54, 1.807) is 0 Å². The number of hydrogen-bond acceptors (Lipinski definition) is 2. The van der Waals surface area contributed by atoms with Gasteiger partial charge in [-0.2, -0.15) is 13.2 Å². The fourth-order valence-electron chi connectivity index (χ4n) is 0.980. The molecule has 0 spiro atoms. The second-order valence-electron chi connectivity index (χ2n) is 4.18. The second kappa shape index (κ2) is 3.22. The van der Waals surface area contributed by atoms with Crippen LogP contribution < -0.4 is 0 Å². The van der Waals surface area contributed by atoms with Crippen molar-refractivity contribution in [3.63, 3.8) is 0 Å². The summed E-state index contributed by atoms with van der Waals surface area (Å²) in [5.74, 6) is 0. The normalized spacial score (nSPS) is 13.4. The van der Waals surface area contributed by atoms with E-state index in [2.05, 4.69) is 4.98 Å². The second-order valence-corrected chi connectivity index (χ2v) is 5.18. The van der Waals surface area contributed by atoms with Gasteiger partial charge in [-0.05, 0) is 6.92 Å². The molecule has 0 aliphatic heterocycles. The van der Waals surface area contributed by atoms with Crippen LogP contribution in [-0.2, 0) is 11.6 Å². The molecule has 1 heterocycles. The molecule has 0 radical (unpaired) electrons. The van der Waals surface area contributed by atoms with Gasteiger partial charge in [0, 0.05) is 5.41 Å². The molecule has 80 valence electrons. The van der Waals surface area contributed by atoms with Gasteiger partial charge in [-0.15, -0.1) is 11.3 Å². The topological polar surface area (TPSA) is 12.9 Å². The highest BCUT2D eigenvalue weighted by Gasteiger charge is 2.37. The monoisotopic (exact) mass is 223 g/mol. The average molecular weight is 223 g/mol. The summed E-state index contributed by atoms with van der Waals surface area (Å²) in [6.07, 6.45) is -4.27. The Bertz CT molecular complexity index is 333. The fourth-order valence-corrected chi connectivity index (χ4v) is 1.97. The summed E-state index contributed by atoms with van der Waals surface area (Å²) in [5.41, 5.74) is -0.244. The quantitative estimate of drug-likeness (QED) is 0.652. The lowest BCUT2D eigenvalue weighted by molar-refractivity contribution is -0.134. The molecular formula is C9H12F3NS. The summed E-state index contributed by atoms with van der Waals surface area (Å²) >= 11 is 0.737. The van der Waals surface area contributed by atoms with Crippen LogP contribution in [0, 0.1) is 6.92 Å². The summed E-state index contributed by atoms with van der Waals surface area (Å²) in [5, 5.41) is 0.530. The number of thiazole rings is 1. The minimum Gasteiger partial charge on any atom is -0.245 e. The lowest BCUT2D eigenvalue weighted by atomic mass is 9.98. The van der Waals surface area contributed by atoms with Crippen LogP contribution in [0.15, 0.2) is 0 Å². The van der Waals surface area contributed by atoms with E-state index in [-0.39, 0.29) is 11.1 Å². The zero-order valence-electron chi connectivity index (χ0n) is 8.49. The van der Waals surface area contributed by atoms with E-state index in [9.17, 15) is 13.2 Å². The summed E-state index contributed by atoms with van der Waals surface area (Å²) < 4.78 is 37.3. The van der Waals surface area contributed by atoms with Crippen molar-refractivity contribution in [2.75, 3.05) is 0 Å². The molecule has 0 saturated heterocycles. The lowest BCUT2D eigenvalue weighted by Gasteiger charge is -2.13. The molecule has 0 N–H and O–H groups in total. The van der Waals surface area contributed by atoms with E-state index in [1.807, 2.05) is 20.8 Å². The van der Waals surface area contributed by atoms with Gasteiger partial charge in [0.15, 0.2) is 0 Å². The van der Waals surface area contributed by atoms with E-state index < -0.39 is 11.1 Å². The molecule has 0 saturated carbocycles. The van der Waals surface area contributed by atoms with Gasteiger partial charge in [0.1, 0.15) is 4.88 Å². The summed E-state index contributed by atoms with van der Waals surface area (Å²) in [6, 6.07) is 0. The molecule has 1 nitrogen and oxygen atoms in total. The number of rotatable bonds is 0. The van der Waals surface area contributed by atoms with Gasteiger partial charge in [-0.3, -0.25) is 0 Å². The molecule has 0 aliphatic carbocycles. The third-order valence-corrected chi connectivity index (χ3v) is 3.32. The van der Waals surface area contributed by atoms with Crippen molar-refractivity contribution in [3.8, 4) is 0 Å². The molecule has 1 aromatic heterocycles. The van der Waals surface area contributed by atoms with Crippen molar-refractivity contribution < 1.29 is 13.2 Å². The van der Waals surface area contributed by atoms with Crippen molar-refractivity contribution in [2.24, 2.45) is 0 Å². The minimum atomic E-state index is -4.27. The minimum absolute atomic E-state index is 0.0763. The predicted octanol–water partition coefficient (Wildman–Crippen LogP) is 3.77. The van der Waals surface area contributed by atoms with Crippen molar-refractivity contribution >= 4 is 11.3 Å². The van der Waals surface area contributed by atoms with Gasteiger partial charge >= 0.3 is 6.18 Å². The molecule has 0 fully saturated rings. The van der Waals surface area contributed by atoms with E-state index >= 15 is 0 Å². The fraction of sp³-hybridized carbons (Fsp3) is 0.667. The summed E-state index contributed by atoms with van der Waals surface area (Å²) in [4.78, 5) is 3.37. The maximum Gasteiger partial charge on any atom is 0.427 e. The van der Waals surface area contributed by atoms with Gasteiger partial charge in [-0.1, -0.05) is 20.8 Å². The van der Waals surface area contributed by atoms with Crippen LogP contribution in [0.1, 0.15) is 36.3 Å². The van der Waals surface area contributed by atoms with Crippen LogP contribution in [0.5, 0.6) is 0 Å². The van der Waals surface area contributed by atoms with Crippen LogP contribution in [0.2, 0.25) is 0 Å².